The van der Waals surface area contributed by atoms with Gasteiger partial charge in [-0.25, -0.2) is 17.2 Å². The fourth-order valence-electron chi connectivity index (χ4n) is 3.56. The van der Waals surface area contributed by atoms with Gasteiger partial charge in [-0.1, -0.05) is 42.5 Å². The number of carbonyl (C=O) groups is 1. The van der Waals surface area contributed by atoms with Crippen molar-refractivity contribution in [2.45, 2.75) is 17.5 Å². The molecule has 1 aliphatic heterocycles. The number of sulfone groups is 1. The Kier molecular flexibility index (Phi) is 5.32. The minimum atomic E-state index is -4.25. The van der Waals surface area contributed by atoms with E-state index in [1.54, 1.807) is 6.07 Å². The van der Waals surface area contributed by atoms with Crippen LogP contribution < -0.4 is 0 Å². The number of hydrogen-bond donors (Lipinski definition) is 1. The quantitative estimate of drug-likeness (QED) is 0.641. The third-order valence-electron chi connectivity index (χ3n) is 5.05. The number of benzene rings is 3. The predicted octanol–water partition coefficient (Wildman–Crippen LogP) is 4.29. The molecule has 1 amide bonds. The van der Waals surface area contributed by atoms with Crippen LogP contribution in [-0.4, -0.2) is 24.3 Å². The maximum Gasteiger partial charge on any atom is 0.290 e. The first-order valence-electron chi connectivity index (χ1n) is 9.33. The molecule has 1 aliphatic rings. The van der Waals surface area contributed by atoms with Gasteiger partial charge in [0, 0.05) is 6.54 Å². The van der Waals surface area contributed by atoms with Crippen LogP contribution in [0.15, 0.2) is 94.4 Å². The molecule has 0 fully saturated rings. The van der Waals surface area contributed by atoms with Crippen LogP contribution in [0.2, 0.25) is 0 Å². The molecule has 3 aromatic carbocycles. The fourth-order valence-corrected chi connectivity index (χ4v) is 5.23. The second kappa shape index (κ2) is 7.96. The lowest BCUT2D eigenvalue weighted by Crippen LogP contribution is -2.30. The van der Waals surface area contributed by atoms with E-state index in [9.17, 15) is 27.1 Å². The Labute approximate surface area is 177 Å². The molecule has 0 unspecified atom stereocenters. The zero-order valence-corrected chi connectivity index (χ0v) is 16.9. The van der Waals surface area contributed by atoms with Crippen LogP contribution in [0.25, 0.3) is 0 Å². The first-order chi connectivity index (χ1) is 14.8. The Bertz CT molecular complexity index is 1260. The average molecular weight is 441 g/mol. The van der Waals surface area contributed by atoms with Crippen molar-refractivity contribution in [1.29, 1.82) is 0 Å². The minimum Gasteiger partial charge on any atom is -0.502 e. The molecule has 1 N–H and O–H groups in total. The topological polar surface area (TPSA) is 74.7 Å². The first kappa shape index (κ1) is 20.7. The molecule has 158 valence electrons. The van der Waals surface area contributed by atoms with Crippen LogP contribution in [0.1, 0.15) is 17.2 Å². The highest BCUT2D eigenvalue weighted by atomic mass is 32.2. The van der Waals surface area contributed by atoms with E-state index < -0.39 is 44.1 Å². The Morgan fingerprint density at radius 2 is 1.39 bits per heavy atom. The normalized spacial score (nSPS) is 16.8. The number of aliphatic hydroxyl groups excluding tert-OH is 1. The van der Waals surface area contributed by atoms with Gasteiger partial charge in [0.25, 0.3) is 5.91 Å². The van der Waals surface area contributed by atoms with E-state index in [2.05, 4.69) is 0 Å². The van der Waals surface area contributed by atoms with Crippen molar-refractivity contribution in [1.82, 2.24) is 4.90 Å². The molecule has 4 rings (SSSR count). The van der Waals surface area contributed by atoms with Crippen LogP contribution in [0, 0.1) is 11.6 Å². The molecule has 0 saturated heterocycles. The van der Waals surface area contributed by atoms with E-state index in [-0.39, 0.29) is 11.4 Å². The van der Waals surface area contributed by atoms with E-state index in [1.807, 2.05) is 0 Å². The summed E-state index contributed by atoms with van der Waals surface area (Å²) in [6, 6.07) is 16.7. The van der Waals surface area contributed by atoms with Crippen molar-refractivity contribution in [3.63, 3.8) is 0 Å². The number of aliphatic hydroxyl groups is 1. The summed E-state index contributed by atoms with van der Waals surface area (Å²) in [5.74, 6) is -2.76. The molecular weight excluding hydrogens is 424 g/mol. The van der Waals surface area contributed by atoms with Gasteiger partial charge >= 0.3 is 0 Å². The fraction of sp³-hybridized carbons (Fsp3) is 0.0870. The van der Waals surface area contributed by atoms with Gasteiger partial charge in [-0.05, 0) is 47.5 Å². The highest BCUT2D eigenvalue weighted by Crippen LogP contribution is 2.43. The van der Waals surface area contributed by atoms with Crippen molar-refractivity contribution >= 4 is 15.7 Å². The molecule has 3 aromatic rings. The summed E-state index contributed by atoms with van der Waals surface area (Å²) in [4.78, 5) is 13.5. The summed E-state index contributed by atoms with van der Waals surface area (Å²) in [5, 5.41) is 10.6. The standard InChI is InChI=1S/C23H17F2NO4S/c24-17-10-6-15(7-11-17)14-26-20(16-8-12-18(25)13-9-16)22(21(27)23(26)28)31(29,30)19-4-2-1-3-5-19/h1-13,20,27H,14H2/t20-/m1/s1. The second-order valence-corrected chi connectivity index (χ2v) is 8.96. The van der Waals surface area contributed by atoms with Crippen molar-refractivity contribution in [2.24, 2.45) is 0 Å². The predicted molar refractivity (Wildman–Crippen MR) is 109 cm³/mol. The molecular formula is C23H17F2NO4S. The molecule has 1 heterocycles. The third-order valence-corrected chi connectivity index (χ3v) is 6.94. The number of halogens is 2. The molecule has 1 atom stereocenters. The monoisotopic (exact) mass is 441 g/mol. The largest absolute Gasteiger partial charge is 0.502 e. The SMILES string of the molecule is O=C1C(O)=C(S(=O)(=O)c2ccccc2)[C@@H](c2ccc(F)cc2)N1Cc1ccc(F)cc1. The van der Waals surface area contributed by atoms with Crippen LogP contribution in [0.4, 0.5) is 8.78 Å². The lowest BCUT2D eigenvalue weighted by Gasteiger charge is -2.27. The number of hydrogen-bond acceptors (Lipinski definition) is 4. The summed E-state index contributed by atoms with van der Waals surface area (Å²) in [5.41, 5.74) is 0.850. The van der Waals surface area contributed by atoms with Crippen molar-refractivity contribution in [2.75, 3.05) is 0 Å². The highest BCUT2D eigenvalue weighted by molar-refractivity contribution is 7.95. The zero-order chi connectivity index (χ0) is 22.2. The van der Waals surface area contributed by atoms with E-state index in [0.29, 0.717) is 11.1 Å². The maximum atomic E-state index is 13.5. The summed E-state index contributed by atoms with van der Waals surface area (Å²) >= 11 is 0. The van der Waals surface area contributed by atoms with Crippen LogP contribution >= 0.6 is 0 Å². The Morgan fingerprint density at radius 3 is 1.97 bits per heavy atom. The van der Waals surface area contributed by atoms with Gasteiger partial charge in [0.05, 0.1) is 10.9 Å². The van der Waals surface area contributed by atoms with Crippen molar-refractivity contribution < 1.29 is 27.1 Å². The van der Waals surface area contributed by atoms with Crippen LogP contribution in [0.3, 0.4) is 0 Å². The third kappa shape index (κ3) is 3.82. The lowest BCUT2D eigenvalue weighted by atomic mass is 10.1. The maximum absolute atomic E-state index is 13.5. The number of nitrogens with zero attached hydrogens (tertiary/aromatic N) is 1. The molecule has 31 heavy (non-hydrogen) atoms. The van der Waals surface area contributed by atoms with Crippen molar-refractivity contribution in [3.8, 4) is 0 Å². The van der Waals surface area contributed by atoms with E-state index in [1.165, 1.54) is 65.6 Å². The molecule has 0 bridgehead atoms. The minimum absolute atomic E-state index is 0.0832. The molecule has 0 radical (unpaired) electrons. The summed E-state index contributed by atoms with van der Waals surface area (Å²) < 4.78 is 53.5. The number of rotatable bonds is 5. The molecule has 8 heteroatoms. The summed E-state index contributed by atoms with van der Waals surface area (Å²) in [6.45, 7) is -0.0843. The van der Waals surface area contributed by atoms with E-state index in [4.69, 9.17) is 0 Å². The van der Waals surface area contributed by atoms with Gasteiger partial charge in [0.15, 0.2) is 5.76 Å². The van der Waals surface area contributed by atoms with Crippen molar-refractivity contribution in [3.05, 3.63) is 112 Å². The van der Waals surface area contributed by atoms with Crippen LogP contribution in [-0.2, 0) is 21.2 Å². The first-order valence-corrected chi connectivity index (χ1v) is 10.8. The Morgan fingerprint density at radius 1 is 0.839 bits per heavy atom. The van der Waals surface area contributed by atoms with E-state index in [0.717, 1.165) is 12.1 Å². The van der Waals surface area contributed by atoms with E-state index >= 15 is 0 Å². The van der Waals surface area contributed by atoms with Gasteiger partial charge in [-0.15, -0.1) is 0 Å². The molecule has 0 aliphatic carbocycles. The number of amides is 1. The lowest BCUT2D eigenvalue weighted by molar-refractivity contribution is -0.130. The average Bonchev–Trinajstić information content (AvgIpc) is 3.02. The molecule has 0 spiro atoms. The van der Waals surface area contributed by atoms with Gasteiger partial charge in [0.1, 0.15) is 16.5 Å². The van der Waals surface area contributed by atoms with Gasteiger partial charge in [-0.3, -0.25) is 4.79 Å². The van der Waals surface area contributed by atoms with Crippen LogP contribution in [0.5, 0.6) is 0 Å². The zero-order valence-electron chi connectivity index (χ0n) is 16.1. The summed E-state index contributed by atoms with van der Waals surface area (Å²) in [7, 11) is -4.25. The van der Waals surface area contributed by atoms with Gasteiger partial charge in [0.2, 0.25) is 9.84 Å². The molecule has 5 nitrogen and oxygen atoms in total. The number of carbonyl (C=O) groups excluding carboxylic acids is 1. The Hall–Kier alpha value is -3.52. The molecule has 0 saturated carbocycles. The van der Waals surface area contributed by atoms with Gasteiger partial charge < -0.3 is 10.0 Å². The Balaban J connectivity index is 1.85. The highest BCUT2D eigenvalue weighted by Gasteiger charge is 2.46. The van der Waals surface area contributed by atoms with Gasteiger partial charge in [-0.2, -0.15) is 0 Å². The second-order valence-electron chi connectivity index (χ2n) is 7.04. The smallest absolute Gasteiger partial charge is 0.290 e. The summed E-state index contributed by atoms with van der Waals surface area (Å²) in [6.07, 6.45) is 0. The molecule has 0 aromatic heterocycles.